The maximum atomic E-state index is 12.0. The van der Waals surface area contributed by atoms with Crippen molar-refractivity contribution in [1.29, 1.82) is 0 Å². The lowest BCUT2D eigenvalue weighted by molar-refractivity contribution is -0.116. The van der Waals surface area contributed by atoms with E-state index in [2.05, 4.69) is 31.4 Å². The van der Waals surface area contributed by atoms with Gasteiger partial charge in [-0.15, -0.1) is 0 Å². The summed E-state index contributed by atoms with van der Waals surface area (Å²) in [6.45, 7) is 0.992. The molecule has 6 nitrogen and oxygen atoms in total. The summed E-state index contributed by atoms with van der Waals surface area (Å²) in [5, 5.41) is 12.4. The highest BCUT2D eigenvalue weighted by atomic mass is 79.9. The number of anilines is 1. The third-order valence-electron chi connectivity index (χ3n) is 3.43. The number of nitrogens with one attached hydrogen (secondary N) is 1. The number of hydrogen-bond acceptors (Lipinski definition) is 3. The van der Waals surface area contributed by atoms with Crippen molar-refractivity contribution in [3.05, 3.63) is 62.9 Å². The minimum absolute atomic E-state index is 0.124. The maximum Gasteiger partial charge on any atom is 0.227 e. The zero-order valence-electron chi connectivity index (χ0n) is 13.0. The van der Waals surface area contributed by atoms with Gasteiger partial charge in [0, 0.05) is 41.5 Å². The molecule has 2 heterocycles. The second-order valence-corrected chi connectivity index (χ2v) is 7.11. The van der Waals surface area contributed by atoms with E-state index in [9.17, 15) is 4.79 Å². The first-order valence-corrected chi connectivity index (χ1v) is 9.00. The van der Waals surface area contributed by atoms with Gasteiger partial charge in [0.2, 0.25) is 5.91 Å². The van der Waals surface area contributed by atoms with Gasteiger partial charge in [0.05, 0.1) is 17.2 Å². The molecule has 0 aliphatic heterocycles. The van der Waals surface area contributed by atoms with Gasteiger partial charge < -0.3 is 5.32 Å². The fraction of sp³-hybridized carbons (Fsp3) is 0.188. The van der Waals surface area contributed by atoms with E-state index in [-0.39, 0.29) is 5.91 Å². The molecule has 130 valence electrons. The van der Waals surface area contributed by atoms with Gasteiger partial charge in [-0.05, 0) is 33.6 Å². The third-order valence-corrected chi connectivity index (χ3v) is 4.42. The summed E-state index contributed by atoms with van der Waals surface area (Å²) in [5.74, 6) is 0.373. The molecule has 0 radical (unpaired) electrons. The lowest BCUT2D eigenvalue weighted by Gasteiger charge is -2.05. The summed E-state index contributed by atoms with van der Waals surface area (Å²) in [6.07, 6.45) is 5.59. The molecule has 25 heavy (non-hydrogen) atoms. The Morgan fingerprint density at radius 1 is 1.24 bits per heavy atom. The Morgan fingerprint density at radius 2 is 2.08 bits per heavy atom. The molecule has 0 unspecified atom stereocenters. The Kier molecular flexibility index (Phi) is 5.78. The quantitative estimate of drug-likeness (QED) is 0.621. The van der Waals surface area contributed by atoms with Crippen molar-refractivity contribution < 1.29 is 4.79 Å². The van der Waals surface area contributed by atoms with Crippen LogP contribution in [0.15, 0.2) is 47.3 Å². The van der Waals surface area contributed by atoms with Crippen molar-refractivity contribution in [2.75, 3.05) is 5.32 Å². The van der Waals surface area contributed by atoms with Crippen LogP contribution in [0.5, 0.6) is 0 Å². The van der Waals surface area contributed by atoms with Gasteiger partial charge >= 0.3 is 0 Å². The second-order valence-electron chi connectivity index (χ2n) is 5.35. The van der Waals surface area contributed by atoms with Crippen LogP contribution >= 0.6 is 39.1 Å². The van der Waals surface area contributed by atoms with Crippen LogP contribution in [0, 0.1) is 0 Å². The van der Waals surface area contributed by atoms with Crippen molar-refractivity contribution in [1.82, 2.24) is 19.6 Å². The third kappa shape index (κ3) is 5.07. The molecule has 1 N–H and O–H groups in total. The summed E-state index contributed by atoms with van der Waals surface area (Å²) < 4.78 is 4.28. The van der Waals surface area contributed by atoms with Crippen LogP contribution in [0.2, 0.25) is 10.0 Å². The SMILES string of the molecule is O=C(CCn1cc(Br)cn1)Nc1ccn(Cc2ccc(Cl)cc2Cl)n1. The van der Waals surface area contributed by atoms with E-state index in [1.165, 1.54) is 0 Å². The zero-order valence-corrected chi connectivity index (χ0v) is 16.1. The molecule has 2 aromatic heterocycles. The van der Waals surface area contributed by atoms with Crippen LogP contribution < -0.4 is 5.32 Å². The molecule has 0 saturated heterocycles. The van der Waals surface area contributed by atoms with Gasteiger partial charge in [-0.2, -0.15) is 10.2 Å². The fourth-order valence-electron chi connectivity index (χ4n) is 2.22. The van der Waals surface area contributed by atoms with Crippen LogP contribution in [-0.4, -0.2) is 25.5 Å². The summed E-state index contributed by atoms with van der Waals surface area (Å²) in [7, 11) is 0. The van der Waals surface area contributed by atoms with Gasteiger partial charge in [0.15, 0.2) is 5.82 Å². The average molecular weight is 443 g/mol. The maximum absolute atomic E-state index is 12.0. The highest BCUT2D eigenvalue weighted by Crippen LogP contribution is 2.21. The number of rotatable bonds is 6. The Bertz CT molecular complexity index is 892. The van der Waals surface area contributed by atoms with Crippen LogP contribution in [0.4, 0.5) is 5.82 Å². The van der Waals surface area contributed by atoms with E-state index < -0.39 is 0 Å². The minimum Gasteiger partial charge on any atom is -0.309 e. The van der Waals surface area contributed by atoms with Gasteiger partial charge in [-0.1, -0.05) is 29.3 Å². The van der Waals surface area contributed by atoms with Crippen LogP contribution in [0.3, 0.4) is 0 Å². The van der Waals surface area contributed by atoms with Crippen LogP contribution in [0.25, 0.3) is 0 Å². The summed E-state index contributed by atoms with van der Waals surface area (Å²) in [4.78, 5) is 12.0. The number of halogens is 3. The molecular formula is C16H14BrCl2N5O. The molecule has 0 spiro atoms. The molecule has 0 bridgehead atoms. The van der Waals surface area contributed by atoms with Crippen molar-refractivity contribution in [3.63, 3.8) is 0 Å². The molecule has 0 aliphatic rings. The highest BCUT2D eigenvalue weighted by molar-refractivity contribution is 9.10. The largest absolute Gasteiger partial charge is 0.309 e. The van der Waals surface area contributed by atoms with E-state index in [1.54, 1.807) is 40.0 Å². The van der Waals surface area contributed by atoms with E-state index in [1.807, 2.05) is 12.3 Å². The van der Waals surface area contributed by atoms with Gasteiger partial charge in [-0.3, -0.25) is 14.2 Å². The van der Waals surface area contributed by atoms with E-state index in [0.717, 1.165) is 10.0 Å². The molecule has 3 rings (SSSR count). The minimum atomic E-state index is -0.124. The first kappa shape index (κ1) is 18.0. The van der Waals surface area contributed by atoms with E-state index >= 15 is 0 Å². The summed E-state index contributed by atoms with van der Waals surface area (Å²) in [6, 6.07) is 7.07. The number of benzene rings is 1. The normalized spacial score (nSPS) is 10.8. The first-order valence-electron chi connectivity index (χ1n) is 7.45. The van der Waals surface area contributed by atoms with Gasteiger partial charge in [0.25, 0.3) is 0 Å². The first-order chi connectivity index (χ1) is 12.0. The molecule has 1 aromatic carbocycles. The lowest BCUT2D eigenvalue weighted by atomic mass is 10.2. The number of hydrogen-bond donors (Lipinski definition) is 1. The molecule has 9 heteroatoms. The zero-order chi connectivity index (χ0) is 17.8. The predicted molar refractivity (Wildman–Crippen MR) is 101 cm³/mol. The number of aromatic nitrogens is 4. The molecule has 1 amide bonds. The number of nitrogens with zero attached hydrogens (tertiary/aromatic N) is 4. The molecule has 0 fully saturated rings. The van der Waals surface area contributed by atoms with E-state index in [4.69, 9.17) is 23.2 Å². The molecule has 0 saturated carbocycles. The predicted octanol–water partition coefficient (Wildman–Crippen LogP) is 4.23. The number of carbonyl (C=O) groups is 1. The standard InChI is InChI=1S/C16H14BrCl2N5O/c17-12-8-20-23(10-12)6-4-16(25)21-15-3-5-24(22-15)9-11-1-2-13(18)7-14(11)19/h1-3,5,7-8,10H,4,6,9H2,(H,21,22,25). The van der Waals surface area contributed by atoms with Gasteiger partial charge in [0.1, 0.15) is 0 Å². The van der Waals surface area contributed by atoms with Crippen molar-refractivity contribution in [3.8, 4) is 0 Å². The Labute approximate surface area is 162 Å². The van der Waals surface area contributed by atoms with Crippen molar-refractivity contribution in [2.45, 2.75) is 19.5 Å². The number of carbonyl (C=O) groups excluding carboxylic acids is 1. The van der Waals surface area contributed by atoms with Crippen LogP contribution in [-0.2, 0) is 17.9 Å². The Morgan fingerprint density at radius 3 is 2.80 bits per heavy atom. The van der Waals surface area contributed by atoms with Gasteiger partial charge in [-0.25, -0.2) is 0 Å². The Balaban J connectivity index is 1.55. The lowest BCUT2D eigenvalue weighted by Crippen LogP contribution is -2.15. The molecule has 0 aliphatic carbocycles. The van der Waals surface area contributed by atoms with Crippen molar-refractivity contribution >= 4 is 50.9 Å². The summed E-state index contributed by atoms with van der Waals surface area (Å²) in [5.41, 5.74) is 0.899. The highest BCUT2D eigenvalue weighted by Gasteiger charge is 2.08. The monoisotopic (exact) mass is 441 g/mol. The number of amides is 1. The molecule has 3 aromatic rings. The topological polar surface area (TPSA) is 64.7 Å². The van der Waals surface area contributed by atoms with Crippen molar-refractivity contribution in [2.24, 2.45) is 0 Å². The second kappa shape index (κ2) is 8.03. The van der Waals surface area contributed by atoms with E-state index in [0.29, 0.717) is 35.4 Å². The summed E-state index contributed by atoms with van der Waals surface area (Å²) >= 11 is 15.4. The smallest absolute Gasteiger partial charge is 0.227 e. The number of aryl methyl sites for hydroxylation is 1. The Hall–Kier alpha value is -1.83. The molecule has 0 atom stereocenters. The fourth-order valence-corrected chi connectivity index (χ4v) is 3.02. The molecular weight excluding hydrogens is 429 g/mol. The average Bonchev–Trinajstić information content (AvgIpc) is 3.17. The van der Waals surface area contributed by atoms with Crippen LogP contribution in [0.1, 0.15) is 12.0 Å².